The molecule has 0 aliphatic heterocycles. The van der Waals surface area contributed by atoms with E-state index in [1.54, 1.807) is 6.07 Å². The highest BCUT2D eigenvalue weighted by atomic mass is 35.5. The molecule has 2 aromatic rings. The van der Waals surface area contributed by atoms with E-state index in [0.717, 1.165) is 6.07 Å². The van der Waals surface area contributed by atoms with Crippen LogP contribution in [0.25, 0.3) is 0 Å². The van der Waals surface area contributed by atoms with Gasteiger partial charge in [-0.15, -0.1) is 0 Å². The number of ether oxygens (including phenoxy) is 1. The molecule has 0 atom stereocenters. The Hall–Kier alpha value is -2.07. The topological polar surface area (TPSA) is 52.3 Å². The zero-order valence-electron chi connectivity index (χ0n) is 10.1. The largest absolute Gasteiger partial charge is 0.496 e. The summed E-state index contributed by atoms with van der Waals surface area (Å²) in [4.78, 5) is 12.4. The molecular formula is C14H11ClFNO2. The summed E-state index contributed by atoms with van der Waals surface area (Å²) in [5.74, 6) is -0.674. The predicted octanol–water partition coefficient (Wildman–Crippen LogP) is 3.30. The van der Waals surface area contributed by atoms with E-state index >= 15 is 0 Å². The van der Waals surface area contributed by atoms with Crippen molar-refractivity contribution in [2.45, 2.75) is 0 Å². The van der Waals surface area contributed by atoms with Crippen LogP contribution in [0.2, 0.25) is 5.02 Å². The van der Waals surface area contributed by atoms with E-state index in [2.05, 4.69) is 0 Å². The number of carbonyl (C=O) groups is 1. The molecule has 0 fully saturated rings. The monoisotopic (exact) mass is 279 g/mol. The summed E-state index contributed by atoms with van der Waals surface area (Å²) >= 11 is 5.84. The van der Waals surface area contributed by atoms with Gasteiger partial charge in [0.25, 0.3) is 0 Å². The number of nitrogen functional groups attached to an aromatic ring is 1. The lowest BCUT2D eigenvalue weighted by Gasteiger charge is -2.09. The van der Waals surface area contributed by atoms with Crippen LogP contribution in [0.4, 0.5) is 10.1 Å². The molecule has 0 amide bonds. The van der Waals surface area contributed by atoms with Crippen molar-refractivity contribution in [3.63, 3.8) is 0 Å². The van der Waals surface area contributed by atoms with Crippen LogP contribution in [0.1, 0.15) is 15.9 Å². The quantitative estimate of drug-likeness (QED) is 0.693. The van der Waals surface area contributed by atoms with Crippen molar-refractivity contribution in [1.29, 1.82) is 0 Å². The van der Waals surface area contributed by atoms with Crippen LogP contribution in [0.3, 0.4) is 0 Å². The van der Waals surface area contributed by atoms with Gasteiger partial charge in [-0.2, -0.15) is 0 Å². The van der Waals surface area contributed by atoms with Gasteiger partial charge in [-0.1, -0.05) is 11.6 Å². The summed E-state index contributed by atoms with van der Waals surface area (Å²) in [6, 6.07) is 8.28. The normalized spacial score (nSPS) is 10.3. The third-order valence-electron chi connectivity index (χ3n) is 2.67. The van der Waals surface area contributed by atoms with Crippen LogP contribution in [-0.4, -0.2) is 12.9 Å². The smallest absolute Gasteiger partial charge is 0.198 e. The second-order valence-corrected chi connectivity index (χ2v) is 4.34. The molecule has 2 N–H and O–H groups in total. The Bertz CT molecular complexity index is 643. The summed E-state index contributed by atoms with van der Waals surface area (Å²) in [6.45, 7) is 0. The minimum atomic E-state index is -0.523. The lowest BCUT2D eigenvalue weighted by molar-refractivity contribution is 0.103. The second-order valence-electron chi connectivity index (χ2n) is 3.91. The molecule has 0 saturated carbocycles. The van der Waals surface area contributed by atoms with Crippen molar-refractivity contribution in [2.75, 3.05) is 12.8 Å². The highest BCUT2D eigenvalue weighted by Crippen LogP contribution is 2.26. The van der Waals surface area contributed by atoms with Gasteiger partial charge < -0.3 is 10.5 Å². The Balaban J connectivity index is 2.55. The third kappa shape index (κ3) is 2.69. The highest BCUT2D eigenvalue weighted by molar-refractivity contribution is 6.31. The van der Waals surface area contributed by atoms with E-state index < -0.39 is 11.6 Å². The number of halogens is 2. The molecular weight excluding hydrogens is 269 g/mol. The average Bonchev–Trinajstić information content (AvgIpc) is 2.40. The molecule has 0 unspecified atom stereocenters. The molecule has 0 aliphatic rings. The van der Waals surface area contributed by atoms with E-state index in [1.165, 1.54) is 31.4 Å². The van der Waals surface area contributed by atoms with Gasteiger partial charge >= 0.3 is 0 Å². The van der Waals surface area contributed by atoms with Gasteiger partial charge in [0.05, 0.1) is 12.7 Å². The van der Waals surface area contributed by atoms with Gasteiger partial charge in [0.2, 0.25) is 0 Å². The van der Waals surface area contributed by atoms with Gasteiger partial charge in [0, 0.05) is 16.3 Å². The zero-order valence-corrected chi connectivity index (χ0v) is 10.9. The number of hydrogen-bond donors (Lipinski definition) is 1. The molecule has 0 saturated heterocycles. The molecule has 3 nitrogen and oxygen atoms in total. The zero-order chi connectivity index (χ0) is 14.0. The summed E-state index contributed by atoms with van der Waals surface area (Å²) in [5.41, 5.74) is 6.35. The number of carbonyl (C=O) groups excluding carboxylic acids is 1. The number of nitrogens with two attached hydrogens (primary N) is 1. The third-order valence-corrected chi connectivity index (χ3v) is 2.90. The maximum absolute atomic E-state index is 13.3. The number of rotatable bonds is 3. The number of hydrogen-bond acceptors (Lipinski definition) is 3. The first-order chi connectivity index (χ1) is 9.02. The molecule has 0 bridgehead atoms. The van der Waals surface area contributed by atoms with Gasteiger partial charge in [0.15, 0.2) is 5.78 Å². The Morgan fingerprint density at radius 3 is 2.63 bits per heavy atom. The summed E-state index contributed by atoms with van der Waals surface area (Å²) in [6.07, 6.45) is 0. The van der Waals surface area contributed by atoms with E-state index in [9.17, 15) is 9.18 Å². The second kappa shape index (κ2) is 5.28. The first kappa shape index (κ1) is 13.4. The van der Waals surface area contributed by atoms with Crippen LogP contribution in [-0.2, 0) is 0 Å². The van der Waals surface area contributed by atoms with Crippen molar-refractivity contribution in [2.24, 2.45) is 0 Å². The molecule has 2 aromatic carbocycles. The molecule has 19 heavy (non-hydrogen) atoms. The molecule has 0 aromatic heterocycles. The lowest BCUT2D eigenvalue weighted by Crippen LogP contribution is -2.07. The van der Waals surface area contributed by atoms with Crippen molar-refractivity contribution in [1.82, 2.24) is 0 Å². The minimum Gasteiger partial charge on any atom is -0.496 e. The predicted molar refractivity (Wildman–Crippen MR) is 72.2 cm³/mol. The van der Waals surface area contributed by atoms with Gasteiger partial charge in [-0.3, -0.25) is 4.79 Å². The van der Waals surface area contributed by atoms with Crippen LogP contribution >= 0.6 is 11.6 Å². The maximum Gasteiger partial charge on any atom is 0.198 e. The minimum absolute atomic E-state index is 0.108. The van der Waals surface area contributed by atoms with Crippen LogP contribution in [0.5, 0.6) is 5.75 Å². The molecule has 0 spiro atoms. The first-order valence-electron chi connectivity index (χ1n) is 5.46. The maximum atomic E-state index is 13.3. The number of benzene rings is 2. The summed E-state index contributed by atoms with van der Waals surface area (Å²) in [7, 11) is 1.41. The highest BCUT2D eigenvalue weighted by Gasteiger charge is 2.18. The first-order valence-corrected chi connectivity index (χ1v) is 5.84. The Morgan fingerprint density at radius 2 is 1.95 bits per heavy atom. The van der Waals surface area contributed by atoms with E-state index in [4.69, 9.17) is 22.1 Å². The fourth-order valence-corrected chi connectivity index (χ4v) is 1.90. The van der Waals surface area contributed by atoms with Crippen LogP contribution in [0, 0.1) is 5.82 Å². The standard InChI is InChI=1S/C14H11ClFNO2/c1-19-13-5-3-9(16)7-11(13)14(18)10-6-8(15)2-4-12(10)17/h2-7H,17H2,1H3. The SMILES string of the molecule is COc1ccc(F)cc1C(=O)c1cc(Cl)ccc1N. The molecule has 5 heteroatoms. The van der Waals surface area contributed by atoms with E-state index in [1.807, 2.05) is 0 Å². The summed E-state index contributed by atoms with van der Waals surface area (Å²) in [5, 5.41) is 0.382. The number of ketones is 1. The molecule has 2 rings (SSSR count). The molecule has 0 aliphatic carbocycles. The molecule has 98 valence electrons. The van der Waals surface area contributed by atoms with Gasteiger partial charge in [0.1, 0.15) is 11.6 Å². The number of anilines is 1. The fourth-order valence-electron chi connectivity index (χ4n) is 1.73. The van der Waals surface area contributed by atoms with Crippen LogP contribution in [0.15, 0.2) is 36.4 Å². The Labute approximate surface area is 114 Å². The van der Waals surface area contributed by atoms with Crippen LogP contribution < -0.4 is 10.5 Å². The van der Waals surface area contributed by atoms with Gasteiger partial charge in [-0.25, -0.2) is 4.39 Å². The van der Waals surface area contributed by atoms with E-state index in [-0.39, 0.29) is 22.6 Å². The molecule has 0 heterocycles. The van der Waals surface area contributed by atoms with Crippen molar-refractivity contribution < 1.29 is 13.9 Å². The van der Waals surface area contributed by atoms with Crippen molar-refractivity contribution in [3.05, 3.63) is 58.4 Å². The number of methoxy groups -OCH3 is 1. The summed E-state index contributed by atoms with van der Waals surface area (Å²) < 4.78 is 18.3. The average molecular weight is 280 g/mol. The molecule has 0 radical (unpaired) electrons. The fraction of sp³-hybridized carbons (Fsp3) is 0.0714. The van der Waals surface area contributed by atoms with Gasteiger partial charge in [-0.05, 0) is 36.4 Å². The Kier molecular flexibility index (Phi) is 3.71. The van der Waals surface area contributed by atoms with Crippen molar-refractivity contribution in [3.8, 4) is 5.75 Å². The lowest BCUT2D eigenvalue weighted by atomic mass is 10.0. The Morgan fingerprint density at radius 1 is 1.21 bits per heavy atom. The van der Waals surface area contributed by atoms with E-state index in [0.29, 0.717) is 5.02 Å². The van der Waals surface area contributed by atoms with Crippen molar-refractivity contribution >= 4 is 23.1 Å².